The van der Waals surface area contributed by atoms with Gasteiger partial charge in [0.2, 0.25) is 11.5 Å². The summed E-state index contributed by atoms with van der Waals surface area (Å²) in [5.41, 5.74) is 3.04. The van der Waals surface area contributed by atoms with Gasteiger partial charge in [0, 0.05) is 23.3 Å². The summed E-state index contributed by atoms with van der Waals surface area (Å²) in [6, 6.07) is 7.53. The van der Waals surface area contributed by atoms with Gasteiger partial charge in [-0.15, -0.1) is 0 Å². The molecule has 2 aromatic carbocycles. The third-order valence-electron chi connectivity index (χ3n) is 3.74. The van der Waals surface area contributed by atoms with Crippen molar-refractivity contribution in [3.8, 4) is 11.5 Å². The second-order valence-electron chi connectivity index (χ2n) is 6.02. The fourth-order valence-electron chi connectivity index (χ4n) is 2.25. The molecule has 0 unspecified atom stereocenters. The number of carbonyl (C=O) groups excluding carboxylic acids is 2. The van der Waals surface area contributed by atoms with Crippen molar-refractivity contribution < 1.29 is 34.4 Å². The maximum absolute atomic E-state index is 11.6. The van der Waals surface area contributed by atoms with Crippen LogP contribution in [0.25, 0.3) is 0 Å². The zero-order chi connectivity index (χ0) is 24.4. The van der Waals surface area contributed by atoms with Crippen molar-refractivity contribution in [3.05, 3.63) is 67.8 Å². The molecule has 0 atom stereocenters. The number of phenols is 2. The second-order valence-corrected chi connectivity index (χ2v) is 6.02. The summed E-state index contributed by atoms with van der Waals surface area (Å²) >= 11 is 0. The van der Waals surface area contributed by atoms with Gasteiger partial charge in [0.05, 0.1) is 22.3 Å². The third kappa shape index (κ3) is 7.07. The molecule has 15 nitrogen and oxygen atoms in total. The number of carbonyl (C=O) groups is 2. The maximum Gasteiger partial charge on any atom is 0.311 e. The highest BCUT2D eigenvalue weighted by molar-refractivity contribution is 5.88. The Morgan fingerprint density at radius 2 is 1.24 bits per heavy atom. The molecule has 15 heteroatoms. The molecule has 33 heavy (non-hydrogen) atoms. The van der Waals surface area contributed by atoms with Gasteiger partial charge in [-0.05, 0) is 12.1 Å². The second kappa shape index (κ2) is 11.5. The summed E-state index contributed by atoms with van der Waals surface area (Å²) in [7, 11) is 0. The van der Waals surface area contributed by atoms with E-state index >= 15 is 0 Å². The van der Waals surface area contributed by atoms with Crippen LogP contribution in [-0.4, -0.2) is 57.5 Å². The van der Waals surface area contributed by atoms with Gasteiger partial charge in [-0.25, -0.2) is 10.9 Å². The van der Waals surface area contributed by atoms with Crippen molar-refractivity contribution in [1.29, 1.82) is 0 Å². The number of para-hydroxylation sites is 2. The van der Waals surface area contributed by atoms with Crippen LogP contribution in [-0.2, 0) is 14.3 Å². The average molecular weight is 460 g/mol. The number of amides is 2. The normalized spacial score (nSPS) is 10.9. The van der Waals surface area contributed by atoms with Crippen molar-refractivity contribution >= 4 is 35.6 Å². The summed E-state index contributed by atoms with van der Waals surface area (Å²) in [4.78, 5) is 43.2. The number of ether oxygens (including phenoxy) is 1. The topological polar surface area (TPSA) is 219 Å². The van der Waals surface area contributed by atoms with E-state index in [-0.39, 0.29) is 11.1 Å². The number of phenolic OH excluding ortho intramolecular Hbond substituents is 2. The van der Waals surface area contributed by atoms with Crippen LogP contribution < -0.4 is 10.9 Å². The van der Waals surface area contributed by atoms with Crippen LogP contribution in [0.4, 0.5) is 11.4 Å². The largest absolute Gasteiger partial charge is 0.502 e. The van der Waals surface area contributed by atoms with Gasteiger partial charge in [0.1, 0.15) is 13.2 Å². The maximum atomic E-state index is 11.6. The first-order valence-corrected chi connectivity index (χ1v) is 8.85. The Labute approximate surface area is 184 Å². The lowest BCUT2D eigenvalue weighted by atomic mass is 10.2. The Kier molecular flexibility index (Phi) is 8.46. The Balaban J connectivity index is 1.76. The van der Waals surface area contributed by atoms with Crippen LogP contribution >= 0.6 is 0 Å². The Morgan fingerprint density at radius 3 is 1.61 bits per heavy atom. The summed E-state index contributed by atoms with van der Waals surface area (Å²) in [5.74, 6) is -2.75. The molecule has 4 N–H and O–H groups in total. The molecule has 0 aliphatic heterocycles. The number of rotatable bonds is 10. The smallest absolute Gasteiger partial charge is 0.311 e. The number of hydrogen-bond donors (Lipinski definition) is 4. The van der Waals surface area contributed by atoms with Crippen molar-refractivity contribution in [2.75, 3.05) is 13.2 Å². The van der Waals surface area contributed by atoms with Crippen molar-refractivity contribution in [1.82, 2.24) is 10.9 Å². The number of hydrazone groups is 2. The minimum absolute atomic E-state index is 0.00237. The molecule has 2 amide bonds. The van der Waals surface area contributed by atoms with E-state index in [1.54, 1.807) is 0 Å². The van der Waals surface area contributed by atoms with Gasteiger partial charge in [-0.1, -0.05) is 12.1 Å². The fourth-order valence-corrected chi connectivity index (χ4v) is 2.25. The number of nitro groups is 2. The molecular formula is C18H16N6O9. The highest BCUT2D eigenvalue weighted by Gasteiger charge is 2.16. The number of nitro benzene ring substituents is 2. The van der Waals surface area contributed by atoms with E-state index in [4.69, 9.17) is 4.74 Å². The summed E-state index contributed by atoms with van der Waals surface area (Å²) < 4.78 is 4.86. The SMILES string of the molecule is O=C(COCC(=O)N/N=C/c1cccc([N+](=O)[O-])c1O)N/N=C/c1cccc([N+](=O)[O-])c1O. The number of aromatic hydroxyl groups is 2. The van der Waals surface area contributed by atoms with E-state index in [0.29, 0.717) is 0 Å². The Bertz CT molecular complexity index is 1040. The Morgan fingerprint density at radius 1 is 0.848 bits per heavy atom. The first kappa shape index (κ1) is 24.4. The zero-order valence-electron chi connectivity index (χ0n) is 16.6. The van der Waals surface area contributed by atoms with Gasteiger partial charge in [0.25, 0.3) is 11.8 Å². The predicted octanol–water partition coefficient (Wildman–Crippen LogP) is 0.531. The monoisotopic (exact) mass is 460 g/mol. The minimum Gasteiger partial charge on any atom is -0.502 e. The van der Waals surface area contributed by atoms with Gasteiger partial charge >= 0.3 is 11.4 Å². The van der Waals surface area contributed by atoms with E-state index in [0.717, 1.165) is 24.6 Å². The molecule has 0 heterocycles. The van der Waals surface area contributed by atoms with E-state index in [2.05, 4.69) is 10.2 Å². The van der Waals surface area contributed by atoms with E-state index in [1.807, 2.05) is 10.9 Å². The standard InChI is InChI=1S/C18H16N6O9/c25-15(21-19-7-11-3-1-5-13(17(11)27)23(29)30)9-33-10-16(26)22-20-8-12-4-2-6-14(18(12)28)24(31)32/h1-8,27-28H,9-10H2,(H,21,25)(H,22,26)/b19-7+,20-8+. The molecule has 0 aliphatic rings. The van der Waals surface area contributed by atoms with Gasteiger partial charge in [0.15, 0.2) is 0 Å². The summed E-state index contributed by atoms with van der Waals surface area (Å²) in [6.45, 7) is -1.14. The number of hydrogen-bond acceptors (Lipinski definition) is 11. The molecule has 0 aliphatic carbocycles. The third-order valence-corrected chi connectivity index (χ3v) is 3.74. The van der Waals surface area contributed by atoms with Gasteiger partial charge in [-0.3, -0.25) is 29.8 Å². The van der Waals surface area contributed by atoms with E-state index < -0.39 is 57.7 Å². The first-order chi connectivity index (χ1) is 15.7. The van der Waals surface area contributed by atoms with Crippen molar-refractivity contribution in [2.24, 2.45) is 10.2 Å². The lowest BCUT2D eigenvalue weighted by molar-refractivity contribution is -0.386. The molecule has 2 aromatic rings. The molecular weight excluding hydrogens is 444 g/mol. The van der Waals surface area contributed by atoms with Crippen molar-refractivity contribution in [3.63, 3.8) is 0 Å². The minimum atomic E-state index is -0.777. The summed E-state index contributed by atoms with van der Waals surface area (Å²) in [5, 5.41) is 48.1. The molecule has 0 saturated heterocycles. The lowest BCUT2D eigenvalue weighted by Crippen LogP contribution is -2.28. The molecule has 2 rings (SSSR count). The number of benzene rings is 2. The van der Waals surface area contributed by atoms with Crippen molar-refractivity contribution in [2.45, 2.75) is 0 Å². The molecule has 0 aromatic heterocycles. The first-order valence-electron chi connectivity index (χ1n) is 8.85. The van der Waals surface area contributed by atoms with Crippen LogP contribution in [0.5, 0.6) is 11.5 Å². The fraction of sp³-hybridized carbons (Fsp3) is 0.111. The lowest BCUT2D eigenvalue weighted by Gasteiger charge is -2.03. The van der Waals surface area contributed by atoms with E-state index in [1.165, 1.54) is 24.3 Å². The quantitative estimate of drug-likeness (QED) is 0.220. The number of nitrogens with zero attached hydrogens (tertiary/aromatic N) is 4. The van der Waals surface area contributed by atoms with Crippen LogP contribution in [0, 0.1) is 20.2 Å². The van der Waals surface area contributed by atoms with Crippen LogP contribution in [0.15, 0.2) is 46.6 Å². The average Bonchev–Trinajstić information content (AvgIpc) is 2.75. The highest BCUT2D eigenvalue weighted by Crippen LogP contribution is 2.28. The molecule has 0 fully saturated rings. The molecule has 0 saturated carbocycles. The Hall–Kier alpha value is -4.92. The number of nitrogens with one attached hydrogen (secondary N) is 2. The van der Waals surface area contributed by atoms with Gasteiger partial charge < -0.3 is 14.9 Å². The molecule has 172 valence electrons. The molecule has 0 radical (unpaired) electrons. The summed E-state index contributed by atoms with van der Waals surface area (Å²) in [6.07, 6.45) is 1.98. The molecule has 0 bridgehead atoms. The zero-order valence-corrected chi connectivity index (χ0v) is 16.6. The highest BCUT2D eigenvalue weighted by atomic mass is 16.6. The van der Waals surface area contributed by atoms with Crippen LogP contribution in [0.2, 0.25) is 0 Å². The van der Waals surface area contributed by atoms with E-state index in [9.17, 15) is 40.0 Å². The van der Waals surface area contributed by atoms with Crippen LogP contribution in [0.3, 0.4) is 0 Å². The van der Waals surface area contributed by atoms with Gasteiger partial charge in [-0.2, -0.15) is 10.2 Å². The predicted molar refractivity (Wildman–Crippen MR) is 112 cm³/mol. The van der Waals surface area contributed by atoms with Crippen LogP contribution in [0.1, 0.15) is 11.1 Å². The molecule has 0 spiro atoms.